The quantitative estimate of drug-likeness (QED) is 0.640. The molecule has 5 heteroatoms. The molecule has 1 aliphatic heterocycles. The van der Waals surface area contributed by atoms with Crippen molar-refractivity contribution in [1.82, 2.24) is 0 Å². The van der Waals surface area contributed by atoms with Gasteiger partial charge in [-0.25, -0.2) is 0 Å². The number of hydrogen-bond acceptors (Lipinski definition) is 2. The van der Waals surface area contributed by atoms with E-state index in [1.807, 2.05) is 0 Å². The Balaban J connectivity index is 2.63. The maximum absolute atomic E-state index is 12.4. The van der Waals surface area contributed by atoms with Gasteiger partial charge in [0.1, 0.15) is 0 Å². The smallest absolute Gasteiger partial charge is 0.362 e. The fourth-order valence-corrected chi connectivity index (χ4v) is 1.38. The van der Waals surface area contributed by atoms with Gasteiger partial charge in [-0.15, -0.1) is 0 Å². The molecule has 0 N–H and O–H groups in total. The lowest BCUT2D eigenvalue weighted by Crippen LogP contribution is -2.42. The van der Waals surface area contributed by atoms with Crippen LogP contribution in [0.5, 0.6) is 0 Å². The van der Waals surface area contributed by atoms with E-state index in [1.165, 1.54) is 0 Å². The first-order chi connectivity index (χ1) is 5.89. The summed E-state index contributed by atoms with van der Waals surface area (Å²) in [5.41, 5.74) is -2.05. The Morgan fingerprint density at radius 2 is 2.23 bits per heavy atom. The first-order valence-electron chi connectivity index (χ1n) is 4.00. The van der Waals surface area contributed by atoms with Crippen molar-refractivity contribution in [2.75, 3.05) is 0 Å². The Morgan fingerprint density at radius 3 is 2.62 bits per heavy atom. The van der Waals surface area contributed by atoms with Gasteiger partial charge in [0.25, 0.3) is 0 Å². The van der Waals surface area contributed by atoms with E-state index >= 15 is 0 Å². The minimum absolute atomic E-state index is 0.0334. The van der Waals surface area contributed by atoms with Gasteiger partial charge in [-0.3, -0.25) is 0 Å². The lowest BCUT2D eigenvalue weighted by atomic mass is 10.0. The molecule has 0 aromatic carbocycles. The van der Waals surface area contributed by atoms with E-state index in [0.717, 1.165) is 6.92 Å². The van der Waals surface area contributed by atoms with E-state index < -0.39 is 17.9 Å². The van der Waals surface area contributed by atoms with Crippen molar-refractivity contribution < 1.29 is 17.9 Å². The molecule has 0 amide bonds. The van der Waals surface area contributed by atoms with Gasteiger partial charge >= 0.3 is 6.18 Å². The fraction of sp³-hybridized carbons (Fsp3) is 0.875. The zero-order chi connectivity index (χ0) is 10.1. The highest BCUT2D eigenvalue weighted by Gasteiger charge is 2.56. The minimum atomic E-state index is -4.34. The third-order valence-electron chi connectivity index (χ3n) is 2.29. The van der Waals surface area contributed by atoms with Crippen molar-refractivity contribution in [3.05, 3.63) is 0 Å². The summed E-state index contributed by atoms with van der Waals surface area (Å²) in [6.07, 6.45) is -4.61. The molecule has 0 saturated carbocycles. The molecule has 0 bridgehead atoms. The van der Waals surface area contributed by atoms with Gasteiger partial charge in [-0.1, -0.05) is 0 Å². The Bertz CT molecular complexity index is 233. The number of nitrogens with zero attached hydrogens (tertiary/aromatic N) is 1. The lowest BCUT2D eigenvalue weighted by molar-refractivity contribution is -0.263. The standard InChI is InChI=1S/C8H10F3NO/c1-7(8(9,10)11)4-2-6(13-7)3-5-12/h6H,2-4H2,1H3. The van der Waals surface area contributed by atoms with Gasteiger partial charge in [0, 0.05) is 0 Å². The summed E-state index contributed by atoms with van der Waals surface area (Å²) in [6, 6.07) is 1.81. The molecule has 0 aromatic heterocycles. The molecular weight excluding hydrogens is 183 g/mol. The van der Waals surface area contributed by atoms with Crippen molar-refractivity contribution in [1.29, 1.82) is 5.26 Å². The van der Waals surface area contributed by atoms with Gasteiger partial charge in [-0.05, 0) is 19.8 Å². The van der Waals surface area contributed by atoms with Gasteiger partial charge in [-0.2, -0.15) is 18.4 Å². The highest BCUT2D eigenvalue weighted by molar-refractivity contribution is 4.93. The minimum Gasteiger partial charge on any atom is -0.362 e. The monoisotopic (exact) mass is 193 g/mol. The first kappa shape index (κ1) is 10.3. The second kappa shape index (κ2) is 3.18. The van der Waals surface area contributed by atoms with Gasteiger partial charge in [0.2, 0.25) is 0 Å². The Morgan fingerprint density at radius 1 is 1.62 bits per heavy atom. The third-order valence-corrected chi connectivity index (χ3v) is 2.29. The molecule has 0 radical (unpaired) electrons. The summed E-state index contributed by atoms with van der Waals surface area (Å²) < 4.78 is 41.9. The summed E-state index contributed by atoms with van der Waals surface area (Å²) in [5, 5.41) is 8.29. The second-order valence-electron chi connectivity index (χ2n) is 3.37. The van der Waals surface area contributed by atoms with Crippen LogP contribution in [-0.2, 0) is 4.74 Å². The van der Waals surface area contributed by atoms with Crippen LogP contribution in [0, 0.1) is 11.3 Å². The van der Waals surface area contributed by atoms with Crippen LogP contribution in [0.25, 0.3) is 0 Å². The summed E-state index contributed by atoms with van der Waals surface area (Å²) in [6.45, 7) is 1.03. The van der Waals surface area contributed by atoms with E-state index in [4.69, 9.17) is 10.00 Å². The predicted molar refractivity (Wildman–Crippen MR) is 38.8 cm³/mol. The first-order valence-corrected chi connectivity index (χ1v) is 4.00. The summed E-state index contributed by atoms with van der Waals surface area (Å²) in [5.74, 6) is 0. The van der Waals surface area contributed by atoms with E-state index in [1.54, 1.807) is 6.07 Å². The number of halogens is 3. The zero-order valence-electron chi connectivity index (χ0n) is 7.19. The molecule has 1 heterocycles. The summed E-state index contributed by atoms with van der Waals surface area (Å²) in [4.78, 5) is 0. The number of alkyl halides is 3. The van der Waals surface area contributed by atoms with Crippen LogP contribution >= 0.6 is 0 Å². The van der Waals surface area contributed by atoms with Crippen molar-refractivity contribution in [2.45, 2.75) is 44.1 Å². The van der Waals surface area contributed by atoms with Crippen LogP contribution in [0.15, 0.2) is 0 Å². The zero-order valence-corrected chi connectivity index (χ0v) is 7.19. The van der Waals surface area contributed by atoms with Crippen LogP contribution in [0.3, 0.4) is 0 Å². The van der Waals surface area contributed by atoms with E-state index in [2.05, 4.69) is 0 Å². The maximum atomic E-state index is 12.4. The molecular formula is C8H10F3NO. The molecule has 74 valence electrons. The van der Waals surface area contributed by atoms with Crippen LogP contribution < -0.4 is 0 Å². The Hall–Kier alpha value is -0.760. The number of nitriles is 1. The molecule has 2 atom stereocenters. The van der Waals surface area contributed by atoms with Crippen LogP contribution in [0.1, 0.15) is 26.2 Å². The van der Waals surface area contributed by atoms with Crippen molar-refractivity contribution in [3.63, 3.8) is 0 Å². The van der Waals surface area contributed by atoms with Crippen molar-refractivity contribution >= 4 is 0 Å². The summed E-state index contributed by atoms with van der Waals surface area (Å²) in [7, 11) is 0. The molecule has 2 nitrogen and oxygen atoms in total. The SMILES string of the molecule is CC1(C(F)(F)F)CCC(CC#N)O1. The molecule has 1 aliphatic rings. The number of ether oxygens (including phenoxy) is 1. The average Bonchev–Trinajstić information content (AvgIpc) is 2.32. The van der Waals surface area contributed by atoms with Crippen molar-refractivity contribution in [3.8, 4) is 6.07 Å². The lowest BCUT2D eigenvalue weighted by Gasteiger charge is -2.27. The van der Waals surface area contributed by atoms with E-state index in [9.17, 15) is 13.2 Å². The molecule has 13 heavy (non-hydrogen) atoms. The van der Waals surface area contributed by atoms with Crippen LogP contribution in [-0.4, -0.2) is 17.9 Å². The normalized spacial score (nSPS) is 34.5. The Labute approximate surface area is 74.3 Å². The fourth-order valence-electron chi connectivity index (χ4n) is 1.38. The average molecular weight is 193 g/mol. The molecule has 0 aromatic rings. The molecule has 1 saturated heterocycles. The Kier molecular flexibility index (Phi) is 2.53. The molecule has 2 unspecified atom stereocenters. The number of rotatable bonds is 1. The van der Waals surface area contributed by atoms with Crippen molar-refractivity contribution in [2.24, 2.45) is 0 Å². The van der Waals surface area contributed by atoms with Crippen LogP contribution in [0.2, 0.25) is 0 Å². The largest absolute Gasteiger partial charge is 0.417 e. The molecule has 0 spiro atoms. The molecule has 1 rings (SSSR count). The van der Waals surface area contributed by atoms with Gasteiger partial charge < -0.3 is 4.74 Å². The summed E-state index contributed by atoms with van der Waals surface area (Å²) >= 11 is 0. The van der Waals surface area contributed by atoms with Gasteiger partial charge in [0.15, 0.2) is 5.60 Å². The number of hydrogen-bond donors (Lipinski definition) is 0. The predicted octanol–water partition coefficient (Wildman–Crippen LogP) is 2.40. The highest BCUT2D eigenvalue weighted by atomic mass is 19.4. The van der Waals surface area contributed by atoms with Crippen LogP contribution in [0.4, 0.5) is 13.2 Å². The molecule has 1 fully saturated rings. The van der Waals surface area contributed by atoms with E-state index in [0.29, 0.717) is 6.42 Å². The van der Waals surface area contributed by atoms with Gasteiger partial charge in [0.05, 0.1) is 18.6 Å². The highest BCUT2D eigenvalue weighted by Crippen LogP contribution is 2.43. The molecule has 0 aliphatic carbocycles. The maximum Gasteiger partial charge on any atom is 0.417 e. The third kappa shape index (κ3) is 1.94. The second-order valence-corrected chi connectivity index (χ2v) is 3.37. The van der Waals surface area contributed by atoms with E-state index in [-0.39, 0.29) is 12.8 Å². The topological polar surface area (TPSA) is 33.0 Å².